The van der Waals surface area contributed by atoms with E-state index in [-0.39, 0.29) is 53.0 Å². The van der Waals surface area contributed by atoms with Gasteiger partial charge in [-0.15, -0.1) is 6.42 Å². The number of ether oxygens (including phenoxy) is 1. The molecule has 0 fully saturated rings. The second kappa shape index (κ2) is 34.2. The van der Waals surface area contributed by atoms with E-state index >= 15 is 0 Å². The first-order valence-corrected chi connectivity index (χ1v) is 30.7. The topological polar surface area (TPSA) is 148 Å². The Bertz CT molecular complexity index is 4260. The first-order valence-electron chi connectivity index (χ1n) is 28.3. The van der Waals surface area contributed by atoms with Crippen molar-refractivity contribution in [3.63, 3.8) is 0 Å². The summed E-state index contributed by atoms with van der Waals surface area (Å²) < 4.78 is 8.07. The largest absolute Gasteiger partial charge is 1.00 e. The van der Waals surface area contributed by atoms with Gasteiger partial charge in [0.2, 0.25) is 0 Å². The number of halogens is 3. The molecule has 0 aliphatic carbocycles. The van der Waals surface area contributed by atoms with Gasteiger partial charge < -0.3 is 31.0 Å². The molecule has 7 nitrogen and oxygen atoms in total. The van der Waals surface area contributed by atoms with Crippen LogP contribution < -0.4 is 23.6 Å². The van der Waals surface area contributed by atoms with Gasteiger partial charge in [0.25, 0.3) is 0 Å². The molecule has 0 saturated heterocycles. The number of phenolic OH excluding ortho intramolecular Hbond substituents is 3. The minimum absolute atomic E-state index is 0. The molecule has 12 aromatic carbocycles. The van der Waals surface area contributed by atoms with E-state index in [2.05, 4.69) is 235 Å². The summed E-state index contributed by atoms with van der Waals surface area (Å²) in [7, 11) is 0. The number of hydrogen-bond donors (Lipinski definition) is 3. The first-order chi connectivity index (χ1) is 43.7. The second-order valence-electron chi connectivity index (χ2n) is 20.5. The third-order valence-corrected chi connectivity index (χ3v) is 15.6. The van der Waals surface area contributed by atoms with Crippen molar-refractivity contribution in [2.45, 2.75) is 6.92 Å². The quantitative estimate of drug-likeness (QED) is 0.0626. The van der Waals surface area contributed by atoms with E-state index in [9.17, 15) is 20.1 Å². The Kier molecular flexibility index (Phi) is 25.8. The molecule has 0 aromatic heterocycles. The predicted molar refractivity (Wildman–Crippen MR) is 382 cm³/mol. The molecule has 448 valence electrons. The van der Waals surface area contributed by atoms with Gasteiger partial charge in [-0.25, -0.2) is 0 Å². The molecule has 12 aromatic rings. The Morgan fingerprint density at radius 1 is 0.312 bits per heavy atom. The fourth-order valence-electron chi connectivity index (χ4n) is 9.27. The summed E-state index contributed by atoms with van der Waals surface area (Å²) in [6.07, 6.45) is 5.14. The molecule has 0 heterocycles. The van der Waals surface area contributed by atoms with Crippen molar-refractivity contribution in [2.24, 2.45) is 0 Å². The summed E-state index contributed by atoms with van der Waals surface area (Å²) in [5.74, 6) is 22.4. The van der Waals surface area contributed by atoms with Crippen molar-refractivity contribution < 1.29 is 54.7 Å². The van der Waals surface area contributed by atoms with E-state index in [0.29, 0.717) is 5.75 Å². The summed E-state index contributed by atoms with van der Waals surface area (Å²) in [4.78, 5) is 10.5. The first kappa shape index (κ1) is 70.2. The SMILES string of the molecule is Brc1ccc(-c2cc(-c3ccc(Br)cc3)cc(-c3ccc(Br)cc3)c2)cc1.C#Cc1ccc(OC(C)=O)cc1.O.Oc1ccc(C#Cc2ccc(-c3cc(-c4ccc(C#Cc5ccc(O)cc5)cc4)cc(-c4ccc(C#Cc5ccc(O)cc5)cc4)c3)cc2)cc1.[Li+].[OH-]. The van der Waals surface area contributed by atoms with Crippen LogP contribution in [0.25, 0.3) is 66.8 Å². The molecule has 0 aliphatic rings. The van der Waals surface area contributed by atoms with Crippen LogP contribution in [0.3, 0.4) is 0 Å². The normalized spacial score (nSPS) is 9.80. The van der Waals surface area contributed by atoms with Gasteiger partial charge in [0.15, 0.2) is 0 Å². The van der Waals surface area contributed by atoms with Crippen LogP contribution in [0.5, 0.6) is 23.0 Å². The molecule has 12 rings (SSSR count). The predicted octanol–water partition coefficient (Wildman–Crippen LogP) is 16.6. The number of hydrogen-bond acceptors (Lipinski definition) is 6. The van der Waals surface area contributed by atoms with E-state index in [1.165, 1.54) is 40.3 Å². The zero-order valence-corrected chi connectivity index (χ0v) is 55.1. The Labute approximate surface area is 579 Å². The fourth-order valence-corrected chi connectivity index (χ4v) is 10.1. The van der Waals surface area contributed by atoms with E-state index in [1.54, 1.807) is 97.1 Å². The van der Waals surface area contributed by atoms with Gasteiger partial charge in [-0.3, -0.25) is 4.79 Å². The molecule has 0 bridgehead atoms. The van der Waals surface area contributed by atoms with Crippen LogP contribution in [0, 0.1) is 47.9 Å². The maximum Gasteiger partial charge on any atom is 1.00 e. The van der Waals surface area contributed by atoms with Gasteiger partial charge in [-0.2, -0.15) is 0 Å². The minimum Gasteiger partial charge on any atom is -0.870 e. The van der Waals surface area contributed by atoms with Crippen molar-refractivity contribution >= 4 is 53.8 Å². The molecule has 0 saturated carbocycles. The Morgan fingerprint density at radius 3 is 0.688 bits per heavy atom. The van der Waals surface area contributed by atoms with Crippen molar-refractivity contribution in [1.29, 1.82) is 0 Å². The molecule has 0 aliphatic heterocycles. The van der Waals surface area contributed by atoms with Gasteiger partial charge >= 0.3 is 24.8 Å². The van der Waals surface area contributed by atoms with Crippen LogP contribution in [-0.2, 0) is 4.79 Å². The Hall–Kier alpha value is -10.3. The average molecular weight is 1400 g/mol. The van der Waals surface area contributed by atoms with Crippen LogP contribution in [0.4, 0.5) is 0 Å². The van der Waals surface area contributed by atoms with Gasteiger partial charge in [0, 0.05) is 59.3 Å². The van der Waals surface area contributed by atoms with E-state index in [4.69, 9.17) is 11.2 Å². The zero-order chi connectivity index (χ0) is 62.8. The number of rotatable bonds is 7. The number of terminal acetylenes is 1. The van der Waals surface area contributed by atoms with E-state index < -0.39 is 0 Å². The molecule has 0 radical (unpaired) electrons. The Balaban J connectivity index is 0.000000243. The summed E-state index contributed by atoms with van der Waals surface area (Å²) >= 11 is 10.6. The molecular weight excluding hydrogens is 1340 g/mol. The van der Waals surface area contributed by atoms with Crippen LogP contribution in [0.2, 0.25) is 0 Å². The Morgan fingerprint density at radius 2 is 0.495 bits per heavy atom. The molecule has 0 unspecified atom stereocenters. The van der Waals surface area contributed by atoms with E-state index in [1.807, 2.05) is 36.4 Å². The maximum atomic E-state index is 10.5. The number of carbonyl (C=O) groups excluding carboxylic acids is 1. The summed E-state index contributed by atoms with van der Waals surface area (Å²) in [6.45, 7) is 1.36. The third-order valence-electron chi connectivity index (χ3n) is 14.0. The van der Waals surface area contributed by atoms with Gasteiger partial charge in [0.1, 0.15) is 23.0 Å². The standard InChI is InChI=1S/C48H30O3.C24H15Br3.C10H8O2.Li.2H2O/c49-46-25-13-37(14-26-46)4-1-34-7-19-40(20-8-34)43-31-44(41-21-9-35(10-22-41)2-5-38-15-27-47(50)28-16-38)33-45(32-43)42-23-11-36(12-24-42)3-6-39-17-29-48(51)30-18-39;25-22-7-1-16(2-8-22)19-13-20(17-3-9-23(26)10-4-17)15-21(14-19)18-5-11-24(27)12-6-18;1-3-9-4-6-10(7-5-9)12-8(2)11;;;/h7-33,49-51H;1-15H;1,4-7H,2H3;;2*1H2/q;;;+1;;/p-1. The zero-order valence-electron chi connectivity index (χ0n) is 50.4. The van der Waals surface area contributed by atoms with Gasteiger partial charge in [-0.1, -0.05) is 162 Å². The number of carbonyl (C=O) groups is 1. The second-order valence-corrected chi connectivity index (χ2v) is 23.3. The average Bonchev–Trinajstić information content (AvgIpc) is 0.959. The van der Waals surface area contributed by atoms with Crippen LogP contribution in [-0.4, -0.2) is 32.2 Å². The number of benzene rings is 12. The molecule has 0 spiro atoms. The van der Waals surface area contributed by atoms with E-state index in [0.717, 1.165) is 85.7 Å². The van der Waals surface area contributed by atoms with Gasteiger partial charge in [-0.05, 0) is 273 Å². The molecule has 0 atom stereocenters. The monoisotopic (exact) mass is 1400 g/mol. The van der Waals surface area contributed by atoms with Crippen LogP contribution in [0.1, 0.15) is 45.9 Å². The smallest absolute Gasteiger partial charge is 0.870 e. The van der Waals surface area contributed by atoms with Crippen LogP contribution >= 0.6 is 47.8 Å². The van der Waals surface area contributed by atoms with Crippen LogP contribution in [0.15, 0.2) is 292 Å². The van der Waals surface area contributed by atoms with Crippen molar-refractivity contribution in [3.05, 3.63) is 331 Å². The summed E-state index contributed by atoms with van der Waals surface area (Å²) in [5.41, 5.74) is 19.7. The molecule has 93 heavy (non-hydrogen) atoms. The third kappa shape index (κ3) is 20.6. The minimum atomic E-state index is -0.330. The molecular formula is C82H56Br3LiO7. The van der Waals surface area contributed by atoms with Crippen molar-refractivity contribution in [2.75, 3.05) is 0 Å². The summed E-state index contributed by atoms with van der Waals surface area (Å²) in [6, 6.07) is 90.9. The van der Waals surface area contributed by atoms with Crippen molar-refractivity contribution in [1.82, 2.24) is 0 Å². The van der Waals surface area contributed by atoms with Crippen molar-refractivity contribution in [3.8, 4) is 138 Å². The van der Waals surface area contributed by atoms with Gasteiger partial charge in [0.05, 0.1) is 0 Å². The fraction of sp³-hybridized carbons (Fsp3) is 0.0122. The summed E-state index contributed by atoms with van der Waals surface area (Å²) in [5, 5.41) is 28.7. The maximum absolute atomic E-state index is 10.5. The molecule has 11 heteroatoms. The number of aromatic hydroxyl groups is 3. The number of esters is 1. The molecule has 6 N–H and O–H groups in total. The molecule has 0 amide bonds. The number of phenols is 3.